The summed E-state index contributed by atoms with van der Waals surface area (Å²) >= 11 is 0. The standard InChI is InChI=1S/C21H29N3O3/c1-21(2,3)27-20(26)23-12-9-17(10-13-23)15-19(25)24(14-11-22)16-18-7-5-4-6-8-18/h4-8,17H,9-10,12-16H2,1-3H3. The highest BCUT2D eigenvalue weighted by molar-refractivity contribution is 5.76. The van der Waals surface area contributed by atoms with Gasteiger partial charge in [0.1, 0.15) is 12.1 Å². The molecule has 1 heterocycles. The molecule has 0 unspecified atom stereocenters. The van der Waals surface area contributed by atoms with Crippen molar-refractivity contribution in [3.8, 4) is 6.07 Å². The molecule has 0 aliphatic carbocycles. The second-order valence-corrected chi connectivity index (χ2v) is 8.01. The summed E-state index contributed by atoms with van der Waals surface area (Å²) in [7, 11) is 0. The molecule has 1 aromatic carbocycles. The van der Waals surface area contributed by atoms with Gasteiger partial charge in [-0.1, -0.05) is 30.3 Å². The molecule has 0 atom stereocenters. The summed E-state index contributed by atoms with van der Waals surface area (Å²) in [5.74, 6) is 0.226. The Morgan fingerprint density at radius 1 is 1.22 bits per heavy atom. The van der Waals surface area contributed by atoms with Gasteiger partial charge in [0, 0.05) is 26.1 Å². The fourth-order valence-electron chi connectivity index (χ4n) is 3.14. The zero-order valence-electron chi connectivity index (χ0n) is 16.5. The number of ether oxygens (including phenoxy) is 1. The molecule has 1 aliphatic heterocycles. The average Bonchev–Trinajstić information content (AvgIpc) is 2.61. The van der Waals surface area contributed by atoms with E-state index >= 15 is 0 Å². The van der Waals surface area contributed by atoms with Crippen LogP contribution in [0, 0.1) is 17.2 Å². The maximum absolute atomic E-state index is 12.7. The lowest BCUT2D eigenvalue weighted by molar-refractivity contribution is -0.132. The summed E-state index contributed by atoms with van der Waals surface area (Å²) in [5.41, 5.74) is 0.514. The second kappa shape index (κ2) is 9.40. The van der Waals surface area contributed by atoms with Gasteiger partial charge >= 0.3 is 6.09 Å². The van der Waals surface area contributed by atoms with Gasteiger partial charge in [-0.15, -0.1) is 0 Å². The molecule has 146 valence electrons. The average molecular weight is 371 g/mol. The van der Waals surface area contributed by atoms with Crippen molar-refractivity contribution in [1.29, 1.82) is 5.26 Å². The Labute approximate surface area is 161 Å². The van der Waals surface area contributed by atoms with Crippen molar-refractivity contribution in [3.63, 3.8) is 0 Å². The SMILES string of the molecule is CC(C)(C)OC(=O)N1CCC(CC(=O)N(CC#N)Cc2ccccc2)CC1. The molecule has 0 radical (unpaired) electrons. The van der Waals surface area contributed by atoms with Crippen LogP contribution >= 0.6 is 0 Å². The first-order valence-electron chi connectivity index (χ1n) is 9.45. The van der Waals surface area contributed by atoms with Crippen LogP contribution in [0.25, 0.3) is 0 Å². The van der Waals surface area contributed by atoms with Gasteiger partial charge in [-0.25, -0.2) is 4.79 Å². The van der Waals surface area contributed by atoms with Gasteiger partial charge in [-0.05, 0) is 45.1 Å². The highest BCUT2D eigenvalue weighted by Gasteiger charge is 2.28. The van der Waals surface area contributed by atoms with E-state index in [0.717, 1.165) is 18.4 Å². The Morgan fingerprint density at radius 2 is 1.85 bits per heavy atom. The molecular formula is C21H29N3O3. The molecule has 2 amide bonds. The van der Waals surface area contributed by atoms with Crippen molar-refractivity contribution < 1.29 is 14.3 Å². The molecule has 1 aliphatic rings. The molecule has 0 saturated carbocycles. The van der Waals surface area contributed by atoms with Crippen LogP contribution in [0.4, 0.5) is 4.79 Å². The fourth-order valence-corrected chi connectivity index (χ4v) is 3.14. The van der Waals surface area contributed by atoms with Crippen molar-refractivity contribution in [2.24, 2.45) is 5.92 Å². The first kappa shape index (κ1) is 20.8. The number of hydrogen-bond acceptors (Lipinski definition) is 4. The van der Waals surface area contributed by atoms with Gasteiger partial charge in [-0.2, -0.15) is 5.26 Å². The minimum atomic E-state index is -0.501. The zero-order chi connectivity index (χ0) is 19.9. The van der Waals surface area contributed by atoms with E-state index in [0.29, 0.717) is 26.1 Å². The monoisotopic (exact) mass is 371 g/mol. The highest BCUT2D eigenvalue weighted by atomic mass is 16.6. The van der Waals surface area contributed by atoms with Gasteiger partial charge in [-0.3, -0.25) is 4.79 Å². The third kappa shape index (κ3) is 6.93. The number of rotatable bonds is 5. The third-order valence-corrected chi connectivity index (χ3v) is 4.56. The maximum Gasteiger partial charge on any atom is 0.410 e. The number of carbonyl (C=O) groups excluding carboxylic acids is 2. The molecule has 0 N–H and O–H groups in total. The van der Waals surface area contributed by atoms with Crippen LogP contribution in [0.1, 0.15) is 45.6 Å². The molecule has 6 heteroatoms. The number of likely N-dealkylation sites (tertiary alicyclic amines) is 1. The summed E-state index contributed by atoms with van der Waals surface area (Å²) in [4.78, 5) is 28.1. The molecule has 0 bridgehead atoms. The molecule has 1 fully saturated rings. The van der Waals surface area contributed by atoms with Crippen LogP contribution < -0.4 is 0 Å². The van der Waals surface area contributed by atoms with E-state index in [2.05, 4.69) is 6.07 Å². The fraction of sp³-hybridized carbons (Fsp3) is 0.571. The molecule has 1 aromatic rings. The second-order valence-electron chi connectivity index (χ2n) is 8.01. The van der Waals surface area contributed by atoms with Gasteiger partial charge in [0.25, 0.3) is 0 Å². The molecule has 1 saturated heterocycles. The van der Waals surface area contributed by atoms with Crippen LogP contribution in [-0.4, -0.2) is 47.0 Å². The smallest absolute Gasteiger partial charge is 0.410 e. The van der Waals surface area contributed by atoms with Gasteiger partial charge in [0.2, 0.25) is 5.91 Å². The Kier molecular flexibility index (Phi) is 7.23. The zero-order valence-corrected chi connectivity index (χ0v) is 16.5. The first-order valence-corrected chi connectivity index (χ1v) is 9.45. The Bertz CT molecular complexity index is 668. The molecular weight excluding hydrogens is 342 g/mol. The number of nitriles is 1. The van der Waals surface area contributed by atoms with Crippen molar-refractivity contribution in [2.45, 2.75) is 52.2 Å². The van der Waals surface area contributed by atoms with E-state index in [-0.39, 0.29) is 24.5 Å². The van der Waals surface area contributed by atoms with Gasteiger partial charge in [0.05, 0.1) is 6.07 Å². The summed E-state index contributed by atoms with van der Waals surface area (Å²) in [6.45, 7) is 7.30. The van der Waals surface area contributed by atoms with Crippen LogP contribution in [0.15, 0.2) is 30.3 Å². The molecule has 2 rings (SSSR count). The van der Waals surface area contributed by atoms with Gasteiger partial charge in [0.15, 0.2) is 0 Å². The number of hydrogen-bond donors (Lipinski definition) is 0. The number of carbonyl (C=O) groups is 2. The normalized spacial score (nSPS) is 15.1. The lowest BCUT2D eigenvalue weighted by atomic mass is 9.93. The maximum atomic E-state index is 12.7. The van der Waals surface area contributed by atoms with E-state index in [1.807, 2.05) is 51.1 Å². The molecule has 0 spiro atoms. The molecule has 6 nitrogen and oxygen atoms in total. The van der Waals surface area contributed by atoms with E-state index in [1.54, 1.807) is 9.80 Å². The predicted octanol–water partition coefficient (Wildman–Crippen LogP) is 3.58. The van der Waals surface area contributed by atoms with E-state index in [1.165, 1.54) is 0 Å². The van der Waals surface area contributed by atoms with Crippen molar-refractivity contribution in [3.05, 3.63) is 35.9 Å². The van der Waals surface area contributed by atoms with E-state index in [4.69, 9.17) is 10.00 Å². The molecule has 0 aromatic heterocycles. The largest absolute Gasteiger partial charge is 0.444 e. The van der Waals surface area contributed by atoms with Crippen LogP contribution in [0.5, 0.6) is 0 Å². The number of piperidine rings is 1. The lowest BCUT2D eigenvalue weighted by Crippen LogP contribution is -2.42. The quantitative estimate of drug-likeness (QED) is 0.742. The minimum Gasteiger partial charge on any atom is -0.444 e. The summed E-state index contributed by atoms with van der Waals surface area (Å²) in [5, 5.41) is 9.06. The lowest BCUT2D eigenvalue weighted by Gasteiger charge is -2.33. The summed E-state index contributed by atoms with van der Waals surface area (Å²) in [6.07, 6.45) is 1.67. The summed E-state index contributed by atoms with van der Waals surface area (Å²) in [6, 6.07) is 11.8. The van der Waals surface area contributed by atoms with Crippen molar-refractivity contribution in [1.82, 2.24) is 9.80 Å². The Morgan fingerprint density at radius 3 is 2.41 bits per heavy atom. The molecule has 27 heavy (non-hydrogen) atoms. The van der Waals surface area contributed by atoms with Crippen LogP contribution in [0.2, 0.25) is 0 Å². The predicted molar refractivity (Wildman–Crippen MR) is 103 cm³/mol. The van der Waals surface area contributed by atoms with E-state index in [9.17, 15) is 9.59 Å². The summed E-state index contributed by atoms with van der Waals surface area (Å²) < 4.78 is 5.41. The topological polar surface area (TPSA) is 73.6 Å². The van der Waals surface area contributed by atoms with Crippen LogP contribution in [-0.2, 0) is 16.1 Å². The van der Waals surface area contributed by atoms with Crippen molar-refractivity contribution >= 4 is 12.0 Å². The third-order valence-electron chi connectivity index (χ3n) is 4.56. The highest BCUT2D eigenvalue weighted by Crippen LogP contribution is 2.23. The number of amides is 2. The number of nitrogens with zero attached hydrogens (tertiary/aromatic N) is 3. The number of benzene rings is 1. The van der Waals surface area contributed by atoms with Gasteiger partial charge < -0.3 is 14.5 Å². The van der Waals surface area contributed by atoms with Crippen LogP contribution in [0.3, 0.4) is 0 Å². The van der Waals surface area contributed by atoms with Crippen molar-refractivity contribution in [2.75, 3.05) is 19.6 Å². The first-order chi connectivity index (χ1) is 12.8. The Balaban J connectivity index is 1.84. The minimum absolute atomic E-state index is 0.00359. The van der Waals surface area contributed by atoms with E-state index < -0.39 is 5.60 Å². The Hall–Kier alpha value is -2.55.